The van der Waals surface area contributed by atoms with Crippen molar-refractivity contribution in [3.8, 4) is 0 Å². The molecule has 0 amide bonds. The molecule has 0 atom stereocenters. The minimum Gasteiger partial charge on any atom is -0.461 e. The number of esters is 2. The molecule has 0 aromatic carbocycles. The van der Waals surface area contributed by atoms with Crippen molar-refractivity contribution in [3.05, 3.63) is 11.4 Å². The number of aromatic amines is 1. The molecule has 106 valence electrons. The Morgan fingerprint density at radius 3 is 2.37 bits per heavy atom. The molecule has 1 aromatic rings. The van der Waals surface area contributed by atoms with Crippen molar-refractivity contribution >= 4 is 23.7 Å². The van der Waals surface area contributed by atoms with Crippen LogP contribution in [0.25, 0.3) is 0 Å². The summed E-state index contributed by atoms with van der Waals surface area (Å²) >= 11 is 1.44. The van der Waals surface area contributed by atoms with Crippen LogP contribution in [0, 0.1) is 0 Å². The van der Waals surface area contributed by atoms with E-state index < -0.39 is 11.9 Å². The first-order chi connectivity index (χ1) is 9.13. The summed E-state index contributed by atoms with van der Waals surface area (Å²) < 4.78 is 9.76. The Labute approximate surface area is 116 Å². The number of nitrogens with one attached hydrogen (secondary N) is 1. The van der Waals surface area contributed by atoms with Crippen molar-refractivity contribution in [2.45, 2.75) is 32.3 Å². The number of hydrogen-bond donors (Lipinski definition) is 1. The molecule has 0 fully saturated rings. The lowest BCUT2D eigenvalue weighted by molar-refractivity contribution is 0.0471. The van der Waals surface area contributed by atoms with Gasteiger partial charge in [0.15, 0.2) is 16.5 Å². The quantitative estimate of drug-likeness (QED) is 0.611. The number of rotatable bonds is 7. The fraction of sp³-hybridized carbons (Fsp3) is 0.583. The zero-order valence-electron chi connectivity index (χ0n) is 11.3. The molecule has 19 heavy (non-hydrogen) atoms. The molecule has 0 aliphatic rings. The van der Waals surface area contributed by atoms with E-state index in [1.165, 1.54) is 11.8 Å². The molecule has 6 nitrogen and oxygen atoms in total. The number of carbonyl (C=O) groups is 2. The minimum absolute atomic E-state index is 0.0149. The molecule has 1 heterocycles. The molecule has 0 saturated carbocycles. The average molecular weight is 286 g/mol. The Bertz CT molecular complexity index is 409. The first kappa shape index (κ1) is 15.6. The average Bonchev–Trinajstić information content (AvgIpc) is 2.81. The molecule has 0 radical (unpaired) electrons. The zero-order chi connectivity index (χ0) is 14.3. The van der Waals surface area contributed by atoms with Gasteiger partial charge in [-0.3, -0.25) is 0 Å². The van der Waals surface area contributed by atoms with Gasteiger partial charge in [-0.05, 0) is 20.3 Å². The van der Waals surface area contributed by atoms with Crippen LogP contribution in [0.3, 0.4) is 0 Å². The van der Waals surface area contributed by atoms with Crippen LogP contribution in [-0.2, 0) is 9.47 Å². The van der Waals surface area contributed by atoms with Crippen LogP contribution in [-0.4, -0.2) is 40.9 Å². The van der Waals surface area contributed by atoms with Gasteiger partial charge in [0.2, 0.25) is 0 Å². The third kappa shape index (κ3) is 4.27. The summed E-state index contributed by atoms with van der Waals surface area (Å²) in [6.07, 6.45) is 0.967. The number of H-pyrrole nitrogens is 1. The van der Waals surface area contributed by atoms with E-state index in [4.69, 9.17) is 9.47 Å². The highest BCUT2D eigenvalue weighted by atomic mass is 32.2. The van der Waals surface area contributed by atoms with Crippen molar-refractivity contribution < 1.29 is 19.1 Å². The fourth-order valence-corrected chi connectivity index (χ4v) is 2.04. The van der Waals surface area contributed by atoms with Gasteiger partial charge in [0, 0.05) is 5.75 Å². The predicted octanol–water partition coefficient (Wildman–Crippen LogP) is 2.27. The smallest absolute Gasteiger partial charge is 0.359 e. The van der Waals surface area contributed by atoms with Gasteiger partial charge < -0.3 is 14.5 Å². The van der Waals surface area contributed by atoms with Crippen LogP contribution < -0.4 is 0 Å². The van der Waals surface area contributed by atoms with Crippen LogP contribution in [0.5, 0.6) is 0 Å². The first-order valence-electron chi connectivity index (χ1n) is 6.21. The highest BCUT2D eigenvalue weighted by Gasteiger charge is 2.24. The minimum atomic E-state index is -0.620. The van der Waals surface area contributed by atoms with Gasteiger partial charge in [0.05, 0.1) is 13.2 Å². The summed E-state index contributed by atoms with van der Waals surface area (Å²) in [5, 5.41) is 0.521. The summed E-state index contributed by atoms with van der Waals surface area (Å²) in [4.78, 5) is 30.4. The van der Waals surface area contributed by atoms with E-state index in [9.17, 15) is 9.59 Å². The van der Waals surface area contributed by atoms with E-state index in [-0.39, 0.29) is 24.6 Å². The molecular formula is C12H18N2O4S. The van der Waals surface area contributed by atoms with Crippen molar-refractivity contribution in [2.75, 3.05) is 19.0 Å². The van der Waals surface area contributed by atoms with Gasteiger partial charge in [-0.2, -0.15) is 0 Å². The molecule has 1 N–H and O–H groups in total. The maximum absolute atomic E-state index is 11.8. The number of hydrogen-bond acceptors (Lipinski definition) is 6. The first-order valence-corrected chi connectivity index (χ1v) is 7.19. The van der Waals surface area contributed by atoms with E-state index in [1.54, 1.807) is 13.8 Å². The second kappa shape index (κ2) is 7.83. The lowest BCUT2D eigenvalue weighted by Gasteiger charge is -2.01. The highest BCUT2D eigenvalue weighted by Crippen LogP contribution is 2.19. The molecule has 0 aliphatic heterocycles. The van der Waals surface area contributed by atoms with E-state index in [0.717, 1.165) is 12.2 Å². The number of imidazole rings is 1. The Hall–Kier alpha value is -1.50. The molecule has 0 aliphatic carbocycles. The summed E-state index contributed by atoms with van der Waals surface area (Å²) in [7, 11) is 0. The van der Waals surface area contributed by atoms with Crippen molar-refractivity contribution in [1.29, 1.82) is 0 Å². The van der Waals surface area contributed by atoms with Crippen LogP contribution in [0.15, 0.2) is 5.16 Å². The van der Waals surface area contributed by atoms with Crippen molar-refractivity contribution in [3.63, 3.8) is 0 Å². The van der Waals surface area contributed by atoms with Gasteiger partial charge >= 0.3 is 11.9 Å². The summed E-state index contributed by atoms with van der Waals surface area (Å²) in [6, 6.07) is 0. The zero-order valence-corrected chi connectivity index (χ0v) is 12.1. The second-order valence-electron chi connectivity index (χ2n) is 3.55. The standard InChI is InChI=1S/C12H18N2O4S/c1-4-7-19-12-13-8(10(15)17-5-2)9(14-12)11(16)18-6-3/h4-7H2,1-3H3,(H,13,14). The second-order valence-corrected chi connectivity index (χ2v) is 4.64. The number of carbonyl (C=O) groups excluding carboxylic acids is 2. The SMILES string of the molecule is CCCSc1nc(C(=O)OCC)c(C(=O)OCC)[nH]1. The van der Waals surface area contributed by atoms with Gasteiger partial charge in [-0.15, -0.1) is 0 Å². The maximum atomic E-state index is 11.8. The molecule has 1 aromatic heterocycles. The molecule has 1 rings (SSSR count). The van der Waals surface area contributed by atoms with E-state index in [1.807, 2.05) is 6.92 Å². The van der Waals surface area contributed by atoms with Crippen molar-refractivity contribution in [2.24, 2.45) is 0 Å². The Kier molecular flexibility index (Phi) is 6.41. The maximum Gasteiger partial charge on any atom is 0.359 e. The fourth-order valence-electron chi connectivity index (χ4n) is 1.32. The van der Waals surface area contributed by atoms with Crippen molar-refractivity contribution in [1.82, 2.24) is 9.97 Å². The Morgan fingerprint density at radius 1 is 1.16 bits per heavy atom. The molecule has 0 unspecified atom stereocenters. The van der Waals surface area contributed by atoms with E-state index in [0.29, 0.717) is 5.16 Å². The molecule has 7 heteroatoms. The summed E-state index contributed by atoms with van der Waals surface area (Å²) in [5.74, 6) is -0.371. The topological polar surface area (TPSA) is 81.3 Å². The number of nitrogens with zero attached hydrogens (tertiary/aromatic N) is 1. The van der Waals surface area contributed by atoms with Gasteiger partial charge in [-0.25, -0.2) is 14.6 Å². The van der Waals surface area contributed by atoms with Gasteiger partial charge in [0.25, 0.3) is 0 Å². The third-order valence-electron chi connectivity index (χ3n) is 2.07. The third-order valence-corrected chi connectivity index (χ3v) is 3.15. The molecular weight excluding hydrogens is 268 g/mol. The van der Waals surface area contributed by atoms with Gasteiger partial charge in [0.1, 0.15) is 0 Å². The van der Waals surface area contributed by atoms with Crippen LogP contribution in [0.4, 0.5) is 0 Å². The lowest BCUT2D eigenvalue weighted by Crippen LogP contribution is -2.13. The van der Waals surface area contributed by atoms with Crippen LogP contribution >= 0.6 is 11.8 Å². The normalized spacial score (nSPS) is 10.3. The number of ether oxygens (including phenoxy) is 2. The predicted molar refractivity (Wildman–Crippen MR) is 71.5 cm³/mol. The monoisotopic (exact) mass is 286 g/mol. The van der Waals surface area contributed by atoms with Crippen LogP contribution in [0.1, 0.15) is 48.2 Å². The summed E-state index contributed by atoms with van der Waals surface area (Å²) in [6.45, 7) is 5.89. The van der Waals surface area contributed by atoms with E-state index >= 15 is 0 Å². The summed E-state index contributed by atoms with van der Waals surface area (Å²) in [5.41, 5.74) is 0.0396. The lowest BCUT2D eigenvalue weighted by atomic mass is 10.3. The number of aromatic nitrogens is 2. The molecule has 0 spiro atoms. The molecule has 0 saturated heterocycles. The number of thioether (sulfide) groups is 1. The molecule has 0 bridgehead atoms. The Balaban J connectivity index is 2.99. The van der Waals surface area contributed by atoms with Gasteiger partial charge in [-0.1, -0.05) is 18.7 Å². The van der Waals surface area contributed by atoms with E-state index in [2.05, 4.69) is 9.97 Å². The largest absolute Gasteiger partial charge is 0.461 e. The van der Waals surface area contributed by atoms with Crippen LogP contribution in [0.2, 0.25) is 0 Å². The highest BCUT2D eigenvalue weighted by molar-refractivity contribution is 7.99. The Morgan fingerprint density at radius 2 is 1.79 bits per heavy atom.